The molecule has 0 aliphatic carbocycles. The number of carbonyl (C=O) groups excluding carboxylic acids is 1. The zero-order chi connectivity index (χ0) is 17.6. The summed E-state index contributed by atoms with van der Waals surface area (Å²) in [6, 6.07) is 17.1. The Morgan fingerprint density at radius 2 is 1.80 bits per heavy atom. The topological polar surface area (TPSA) is 51.2 Å². The van der Waals surface area contributed by atoms with Gasteiger partial charge in [0.15, 0.2) is 5.13 Å². The molecule has 5 heteroatoms. The number of nitrogens with zero attached hydrogens (tertiary/aromatic N) is 1. The highest BCUT2D eigenvalue weighted by molar-refractivity contribution is 7.16. The summed E-state index contributed by atoms with van der Waals surface area (Å²) in [6.07, 6.45) is 0.876. The molecule has 1 aromatic heterocycles. The van der Waals surface area contributed by atoms with Gasteiger partial charge in [-0.1, -0.05) is 37.3 Å². The highest BCUT2D eigenvalue weighted by atomic mass is 32.1. The van der Waals surface area contributed by atoms with Crippen molar-refractivity contribution >= 4 is 22.4 Å². The van der Waals surface area contributed by atoms with Crippen LogP contribution in [0.25, 0.3) is 11.3 Å². The van der Waals surface area contributed by atoms with E-state index in [1.807, 2.05) is 37.3 Å². The zero-order valence-corrected chi connectivity index (χ0v) is 15.1. The summed E-state index contributed by atoms with van der Waals surface area (Å²) in [7, 11) is 0. The van der Waals surface area contributed by atoms with Crippen molar-refractivity contribution < 1.29 is 9.53 Å². The molecular formula is C20H20N2O2S. The minimum atomic E-state index is -0.168. The number of thiazole rings is 1. The summed E-state index contributed by atoms with van der Waals surface area (Å²) in [5, 5.41) is 3.52. The van der Waals surface area contributed by atoms with Crippen molar-refractivity contribution in [2.75, 3.05) is 11.9 Å². The molecule has 3 rings (SSSR count). The van der Waals surface area contributed by atoms with Crippen LogP contribution in [0, 0.1) is 0 Å². The second-order valence-electron chi connectivity index (χ2n) is 5.42. The zero-order valence-electron chi connectivity index (χ0n) is 14.3. The molecule has 1 heterocycles. The molecule has 25 heavy (non-hydrogen) atoms. The van der Waals surface area contributed by atoms with Crippen LogP contribution in [0.5, 0.6) is 5.75 Å². The fourth-order valence-corrected chi connectivity index (χ4v) is 3.42. The van der Waals surface area contributed by atoms with Crippen LogP contribution in [0.3, 0.4) is 0 Å². The molecule has 0 radical (unpaired) electrons. The van der Waals surface area contributed by atoms with Crippen LogP contribution in [0.2, 0.25) is 0 Å². The maximum Gasteiger partial charge on any atom is 0.257 e. The van der Waals surface area contributed by atoms with E-state index in [2.05, 4.69) is 17.2 Å². The summed E-state index contributed by atoms with van der Waals surface area (Å²) in [6.45, 7) is 4.63. The summed E-state index contributed by atoms with van der Waals surface area (Å²) in [5.74, 6) is 0.590. The van der Waals surface area contributed by atoms with Crippen LogP contribution in [0.1, 0.15) is 29.1 Å². The summed E-state index contributed by atoms with van der Waals surface area (Å²) < 4.78 is 5.40. The molecule has 0 saturated heterocycles. The van der Waals surface area contributed by atoms with Crippen molar-refractivity contribution in [1.82, 2.24) is 4.98 Å². The van der Waals surface area contributed by atoms with Crippen LogP contribution < -0.4 is 10.1 Å². The largest absolute Gasteiger partial charge is 0.494 e. The van der Waals surface area contributed by atoms with Crippen LogP contribution in [-0.2, 0) is 6.42 Å². The third-order valence-corrected chi connectivity index (χ3v) is 4.83. The van der Waals surface area contributed by atoms with E-state index in [-0.39, 0.29) is 5.91 Å². The smallest absolute Gasteiger partial charge is 0.257 e. The number of rotatable bonds is 6. The van der Waals surface area contributed by atoms with Gasteiger partial charge in [-0.15, -0.1) is 11.3 Å². The van der Waals surface area contributed by atoms with Crippen LogP contribution >= 0.6 is 11.3 Å². The second kappa shape index (κ2) is 7.94. The predicted molar refractivity (Wildman–Crippen MR) is 102 cm³/mol. The van der Waals surface area contributed by atoms with E-state index in [1.165, 1.54) is 11.3 Å². The van der Waals surface area contributed by atoms with Gasteiger partial charge in [0, 0.05) is 16.0 Å². The lowest BCUT2D eigenvalue weighted by molar-refractivity contribution is 0.102. The second-order valence-corrected chi connectivity index (χ2v) is 6.51. The van der Waals surface area contributed by atoms with Gasteiger partial charge in [-0.25, -0.2) is 4.98 Å². The van der Waals surface area contributed by atoms with Gasteiger partial charge in [0.05, 0.1) is 12.3 Å². The molecule has 0 aliphatic rings. The number of benzene rings is 2. The first-order chi connectivity index (χ1) is 12.2. The Morgan fingerprint density at radius 1 is 1.08 bits per heavy atom. The van der Waals surface area contributed by atoms with Crippen molar-refractivity contribution in [1.29, 1.82) is 0 Å². The molecule has 1 N–H and O–H groups in total. The normalized spacial score (nSPS) is 10.5. The Bertz CT molecular complexity index is 842. The Hall–Kier alpha value is -2.66. The van der Waals surface area contributed by atoms with Crippen molar-refractivity contribution in [2.24, 2.45) is 0 Å². The van der Waals surface area contributed by atoms with E-state index in [1.54, 1.807) is 24.3 Å². The van der Waals surface area contributed by atoms with E-state index in [0.717, 1.165) is 28.3 Å². The van der Waals surface area contributed by atoms with Gasteiger partial charge in [-0.2, -0.15) is 0 Å². The number of ether oxygens (including phenoxy) is 1. The highest BCUT2D eigenvalue weighted by Crippen LogP contribution is 2.31. The molecule has 0 bridgehead atoms. The third-order valence-electron chi connectivity index (χ3n) is 3.71. The number of hydrogen-bond acceptors (Lipinski definition) is 4. The lowest BCUT2D eigenvalue weighted by atomic mass is 10.1. The first-order valence-corrected chi connectivity index (χ1v) is 9.12. The summed E-state index contributed by atoms with van der Waals surface area (Å²) in [4.78, 5) is 18.2. The maximum atomic E-state index is 12.4. The number of aromatic nitrogens is 1. The van der Waals surface area contributed by atoms with Crippen molar-refractivity contribution in [3.63, 3.8) is 0 Å². The van der Waals surface area contributed by atoms with Crippen LogP contribution in [0.15, 0.2) is 54.6 Å². The molecule has 1 amide bonds. The molecule has 2 aromatic carbocycles. The molecule has 0 aliphatic heterocycles. The summed E-state index contributed by atoms with van der Waals surface area (Å²) >= 11 is 1.52. The first kappa shape index (κ1) is 17.2. The first-order valence-electron chi connectivity index (χ1n) is 8.30. The molecule has 4 nitrogen and oxygen atoms in total. The van der Waals surface area contributed by atoms with Gasteiger partial charge in [-0.05, 0) is 37.6 Å². The van der Waals surface area contributed by atoms with E-state index < -0.39 is 0 Å². The Kier molecular flexibility index (Phi) is 5.46. The molecule has 0 fully saturated rings. The lowest BCUT2D eigenvalue weighted by Crippen LogP contribution is -2.11. The average Bonchev–Trinajstić information content (AvgIpc) is 3.06. The van der Waals surface area contributed by atoms with Crippen LogP contribution in [-0.4, -0.2) is 17.5 Å². The summed E-state index contributed by atoms with van der Waals surface area (Å²) in [5.41, 5.74) is 2.59. The molecule has 3 aromatic rings. The van der Waals surface area contributed by atoms with Gasteiger partial charge in [-0.3, -0.25) is 10.1 Å². The number of hydrogen-bond donors (Lipinski definition) is 1. The lowest BCUT2D eigenvalue weighted by Gasteiger charge is -2.04. The average molecular weight is 352 g/mol. The number of carbonyl (C=O) groups is 1. The van der Waals surface area contributed by atoms with Gasteiger partial charge >= 0.3 is 0 Å². The van der Waals surface area contributed by atoms with Gasteiger partial charge in [0.2, 0.25) is 0 Å². The molecule has 128 valence electrons. The maximum absolute atomic E-state index is 12.4. The highest BCUT2D eigenvalue weighted by Gasteiger charge is 2.14. The minimum absolute atomic E-state index is 0.168. The molecule has 0 saturated carbocycles. The Labute approximate surface area is 151 Å². The number of anilines is 1. The Balaban J connectivity index is 1.78. The van der Waals surface area contributed by atoms with Crippen LogP contribution in [0.4, 0.5) is 5.13 Å². The van der Waals surface area contributed by atoms with Crippen molar-refractivity contribution in [2.45, 2.75) is 20.3 Å². The number of aryl methyl sites for hydroxylation is 1. The molecule has 0 atom stereocenters. The fourth-order valence-electron chi connectivity index (χ4n) is 2.50. The molecule has 0 unspecified atom stereocenters. The molecular weight excluding hydrogens is 332 g/mol. The number of amides is 1. The van der Waals surface area contributed by atoms with E-state index in [0.29, 0.717) is 17.3 Å². The fraction of sp³-hybridized carbons (Fsp3) is 0.200. The van der Waals surface area contributed by atoms with Gasteiger partial charge in [0.25, 0.3) is 5.91 Å². The molecule has 0 spiro atoms. The standard InChI is InChI=1S/C20H20N2O2S/c1-3-17-18(14-8-6-5-7-9-14)21-20(25-17)22-19(23)15-10-12-16(13-11-15)24-4-2/h5-13H,3-4H2,1-2H3,(H,21,22,23). The predicted octanol–water partition coefficient (Wildman–Crippen LogP) is 5.02. The van der Waals surface area contributed by atoms with Crippen molar-refractivity contribution in [3.05, 3.63) is 65.0 Å². The number of nitrogens with one attached hydrogen (secondary N) is 1. The van der Waals surface area contributed by atoms with E-state index in [9.17, 15) is 4.79 Å². The monoisotopic (exact) mass is 352 g/mol. The minimum Gasteiger partial charge on any atom is -0.494 e. The van der Waals surface area contributed by atoms with Crippen molar-refractivity contribution in [3.8, 4) is 17.0 Å². The van der Waals surface area contributed by atoms with Gasteiger partial charge in [0.1, 0.15) is 5.75 Å². The third kappa shape index (κ3) is 4.06. The van der Waals surface area contributed by atoms with E-state index in [4.69, 9.17) is 4.74 Å². The van der Waals surface area contributed by atoms with Gasteiger partial charge < -0.3 is 4.74 Å². The SMILES string of the molecule is CCOc1ccc(C(=O)Nc2nc(-c3ccccc3)c(CC)s2)cc1. The van der Waals surface area contributed by atoms with E-state index >= 15 is 0 Å². The quantitative estimate of drug-likeness (QED) is 0.677. The Morgan fingerprint density at radius 3 is 2.44 bits per heavy atom.